The van der Waals surface area contributed by atoms with Gasteiger partial charge in [-0.2, -0.15) is 0 Å². The number of unbranched alkanes of at least 4 members (excludes halogenated alkanes) is 1. The first-order chi connectivity index (χ1) is 7.61. The fraction of sp³-hybridized carbons (Fsp3) is 0.900. The Labute approximate surface area is 101 Å². The van der Waals surface area contributed by atoms with Gasteiger partial charge in [-0.25, -0.2) is 0 Å². The zero-order valence-electron chi connectivity index (χ0n) is 9.46. The first-order valence-corrected chi connectivity index (χ1v) is 6.04. The van der Waals surface area contributed by atoms with E-state index in [1.54, 1.807) is 4.90 Å². The molecule has 0 spiro atoms. The zero-order valence-corrected chi connectivity index (χ0v) is 10.3. The van der Waals surface area contributed by atoms with Crippen molar-refractivity contribution < 1.29 is 15.3 Å². The van der Waals surface area contributed by atoms with Gasteiger partial charge in [-0.15, -0.1) is 0 Å². The second kappa shape index (κ2) is 6.34. The Morgan fingerprint density at radius 2 is 2.19 bits per heavy atom. The fourth-order valence-corrected chi connectivity index (χ4v) is 2.11. The number of thiocarbonyl (C=S) groups is 1. The summed E-state index contributed by atoms with van der Waals surface area (Å²) in [5.74, 6) is 0. The van der Waals surface area contributed by atoms with Gasteiger partial charge in [0.15, 0.2) is 5.11 Å². The number of nitrogens with one attached hydrogen (secondary N) is 1. The van der Waals surface area contributed by atoms with Crippen molar-refractivity contribution in [3.63, 3.8) is 0 Å². The van der Waals surface area contributed by atoms with Crippen LogP contribution in [-0.4, -0.2) is 63.3 Å². The van der Waals surface area contributed by atoms with Gasteiger partial charge in [0.1, 0.15) is 6.10 Å². The smallest absolute Gasteiger partial charge is 0.169 e. The van der Waals surface area contributed by atoms with Gasteiger partial charge in [-0.3, -0.25) is 0 Å². The predicted molar refractivity (Wildman–Crippen MR) is 65.1 cm³/mol. The average Bonchev–Trinajstić information content (AvgIpc) is 2.55. The molecule has 1 aliphatic heterocycles. The molecule has 0 aromatic rings. The van der Waals surface area contributed by atoms with Crippen LogP contribution in [0.4, 0.5) is 0 Å². The minimum Gasteiger partial charge on any atom is -0.394 e. The SMILES string of the molecule is CCCCNC(=S)N1C[C@@H](O)[C@H](O)[C@H]1CO. The molecule has 1 saturated heterocycles. The van der Waals surface area contributed by atoms with Crippen molar-refractivity contribution in [1.82, 2.24) is 10.2 Å². The molecule has 0 radical (unpaired) electrons. The van der Waals surface area contributed by atoms with Crippen molar-refractivity contribution in [2.75, 3.05) is 19.7 Å². The highest BCUT2D eigenvalue weighted by Crippen LogP contribution is 2.18. The lowest BCUT2D eigenvalue weighted by Gasteiger charge is -2.26. The molecule has 4 N–H and O–H groups in total. The van der Waals surface area contributed by atoms with Crippen LogP contribution < -0.4 is 5.32 Å². The van der Waals surface area contributed by atoms with Crippen LogP contribution in [0.2, 0.25) is 0 Å². The van der Waals surface area contributed by atoms with Crippen LogP contribution in [0.25, 0.3) is 0 Å². The Kier molecular flexibility index (Phi) is 5.40. The van der Waals surface area contributed by atoms with Crippen LogP contribution in [0.1, 0.15) is 19.8 Å². The maximum atomic E-state index is 9.61. The number of hydrogen-bond acceptors (Lipinski definition) is 4. The largest absolute Gasteiger partial charge is 0.394 e. The molecule has 0 bridgehead atoms. The standard InChI is InChI=1S/C10H20N2O3S/c1-2-3-4-11-10(16)12-5-8(14)9(15)7(12)6-13/h7-9,13-15H,2-6H2,1H3,(H,11,16)/t7-,8-,9-/m1/s1. The number of β-amino-alcohol motifs (C(OH)–C–C–N with tert-alkyl or cyclic N) is 1. The first kappa shape index (κ1) is 13.6. The van der Waals surface area contributed by atoms with Crippen LogP contribution in [0, 0.1) is 0 Å². The summed E-state index contributed by atoms with van der Waals surface area (Å²) in [5.41, 5.74) is 0. The van der Waals surface area contributed by atoms with Crippen LogP contribution in [0.3, 0.4) is 0 Å². The molecule has 0 saturated carbocycles. The van der Waals surface area contributed by atoms with Crippen molar-refractivity contribution in [1.29, 1.82) is 0 Å². The fourth-order valence-electron chi connectivity index (χ4n) is 1.80. The second-order valence-corrected chi connectivity index (χ2v) is 4.43. The van der Waals surface area contributed by atoms with Crippen molar-refractivity contribution in [3.8, 4) is 0 Å². The summed E-state index contributed by atoms with van der Waals surface area (Å²) in [6.45, 7) is 2.92. The van der Waals surface area contributed by atoms with E-state index in [2.05, 4.69) is 12.2 Å². The molecule has 94 valence electrons. The number of likely N-dealkylation sites (tertiary alicyclic amines) is 1. The van der Waals surface area contributed by atoms with E-state index < -0.39 is 18.2 Å². The predicted octanol–water partition coefficient (Wildman–Crippen LogP) is -0.941. The molecule has 16 heavy (non-hydrogen) atoms. The van der Waals surface area contributed by atoms with Crippen molar-refractivity contribution in [2.45, 2.75) is 38.0 Å². The molecule has 3 atom stereocenters. The quantitative estimate of drug-likeness (QED) is 0.380. The Morgan fingerprint density at radius 1 is 1.50 bits per heavy atom. The molecular weight excluding hydrogens is 228 g/mol. The van der Waals surface area contributed by atoms with Crippen LogP contribution >= 0.6 is 12.2 Å². The summed E-state index contributed by atoms with van der Waals surface area (Å²) < 4.78 is 0. The van der Waals surface area contributed by atoms with Crippen LogP contribution in [0.5, 0.6) is 0 Å². The van der Waals surface area contributed by atoms with E-state index in [1.807, 2.05) is 0 Å². The van der Waals surface area contributed by atoms with Gasteiger partial charge in [0.05, 0.1) is 18.8 Å². The lowest BCUT2D eigenvalue weighted by Crippen LogP contribution is -2.47. The highest BCUT2D eigenvalue weighted by atomic mass is 32.1. The van der Waals surface area contributed by atoms with Gasteiger partial charge < -0.3 is 25.5 Å². The number of nitrogens with zero attached hydrogens (tertiary/aromatic N) is 1. The van der Waals surface area contributed by atoms with Crippen molar-refractivity contribution in [3.05, 3.63) is 0 Å². The van der Waals surface area contributed by atoms with Gasteiger partial charge in [0.25, 0.3) is 0 Å². The van der Waals surface area contributed by atoms with Gasteiger partial charge in [-0.1, -0.05) is 13.3 Å². The van der Waals surface area contributed by atoms with E-state index in [0.29, 0.717) is 5.11 Å². The normalized spacial score (nSPS) is 29.5. The van der Waals surface area contributed by atoms with Gasteiger partial charge in [0.2, 0.25) is 0 Å². The topological polar surface area (TPSA) is 76.0 Å². The Bertz CT molecular complexity index is 240. The van der Waals surface area contributed by atoms with Gasteiger partial charge in [0, 0.05) is 13.1 Å². The highest BCUT2D eigenvalue weighted by Gasteiger charge is 2.40. The molecule has 0 aliphatic carbocycles. The molecule has 1 rings (SSSR count). The van der Waals surface area contributed by atoms with E-state index in [0.717, 1.165) is 19.4 Å². The van der Waals surface area contributed by atoms with E-state index in [-0.39, 0.29) is 13.2 Å². The van der Waals surface area contributed by atoms with Crippen molar-refractivity contribution in [2.24, 2.45) is 0 Å². The lowest BCUT2D eigenvalue weighted by molar-refractivity contribution is 0.0259. The molecule has 1 aliphatic rings. The Morgan fingerprint density at radius 3 is 2.75 bits per heavy atom. The van der Waals surface area contributed by atoms with E-state index in [1.165, 1.54) is 0 Å². The molecule has 0 aromatic heterocycles. The molecular formula is C10H20N2O3S. The van der Waals surface area contributed by atoms with E-state index >= 15 is 0 Å². The van der Waals surface area contributed by atoms with E-state index in [9.17, 15) is 10.2 Å². The maximum Gasteiger partial charge on any atom is 0.169 e. The first-order valence-electron chi connectivity index (χ1n) is 5.63. The molecule has 1 heterocycles. The monoisotopic (exact) mass is 248 g/mol. The molecule has 0 amide bonds. The molecule has 0 unspecified atom stereocenters. The highest BCUT2D eigenvalue weighted by molar-refractivity contribution is 7.80. The van der Waals surface area contributed by atoms with Crippen LogP contribution in [0.15, 0.2) is 0 Å². The number of rotatable bonds is 4. The minimum atomic E-state index is -0.934. The third-order valence-electron chi connectivity index (χ3n) is 2.83. The number of hydrogen-bond donors (Lipinski definition) is 4. The summed E-state index contributed by atoms with van der Waals surface area (Å²) in [7, 11) is 0. The molecule has 1 fully saturated rings. The number of aliphatic hydroxyl groups is 3. The average molecular weight is 248 g/mol. The zero-order chi connectivity index (χ0) is 12.1. The summed E-state index contributed by atoms with van der Waals surface area (Å²) >= 11 is 5.16. The Balaban J connectivity index is 2.48. The summed E-state index contributed by atoms with van der Waals surface area (Å²) in [5, 5.41) is 31.8. The van der Waals surface area contributed by atoms with Gasteiger partial charge in [-0.05, 0) is 18.6 Å². The lowest BCUT2D eigenvalue weighted by atomic mass is 10.1. The summed E-state index contributed by atoms with van der Waals surface area (Å²) in [6.07, 6.45) is 0.312. The van der Waals surface area contributed by atoms with Crippen molar-refractivity contribution >= 4 is 17.3 Å². The number of aliphatic hydroxyl groups excluding tert-OH is 3. The third-order valence-corrected chi connectivity index (χ3v) is 3.21. The summed E-state index contributed by atoms with van der Waals surface area (Å²) in [4.78, 5) is 1.65. The summed E-state index contributed by atoms with van der Waals surface area (Å²) in [6, 6.07) is -0.503. The molecule has 5 nitrogen and oxygen atoms in total. The molecule has 0 aromatic carbocycles. The minimum absolute atomic E-state index is 0.214. The van der Waals surface area contributed by atoms with Crippen LogP contribution in [-0.2, 0) is 0 Å². The third kappa shape index (κ3) is 3.04. The maximum absolute atomic E-state index is 9.61. The Hall–Kier alpha value is -0.430. The van der Waals surface area contributed by atoms with E-state index in [4.69, 9.17) is 17.3 Å². The molecule has 6 heteroatoms. The van der Waals surface area contributed by atoms with Gasteiger partial charge >= 0.3 is 0 Å². The second-order valence-electron chi connectivity index (χ2n) is 4.05.